The average molecular weight is 380 g/mol. The number of ether oxygens (including phenoxy) is 1. The molecule has 1 amide bonds. The van der Waals surface area contributed by atoms with Crippen LogP contribution in [0.4, 0.5) is 5.69 Å². The van der Waals surface area contributed by atoms with Gasteiger partial charge in [0.1, 0.15) is 5.60 Å². The third-order valence-corrected chi connectivity index (χ3v) is 6.01. The molecule has 2 aromatic carbocycles. The summed E-state index contributed by atoms with van der Waals surface area (Å²) in [6.45, 7) is 8.05. The van der Waals surface area contributed by atoms with Gasteiger partial charge in [0.25, 0.3) is 5.91 Å². The summed E-state index contributed by atoms with van der Waals surface area (Å²) in [7, 11) is 0. The van der Waals surface area contributed by atoms with Crippen LogP contribution in [-0.2, 0) is 10.3 Å². The van der Waals surface area contributed by atoms with Crippen molar-refractivity contribution >= 4 is 11.6 Å². The van der Waals surface area contributed by atoms with E-state index in [1.165, 1.54) is 0 Å². The van der Waals surface area contributed by atoms with Crippen LogP contribution in [0.25, 0.3) is 0 Å². The number of aliphatic hydroxyl groups is 1. The highest BCUT2D eigenvalue weighted by atomic mass is 16.5. The topological polar surface area (TPSA) is 53.0 Å². The fraction of sp³-hybridized carbons (Fsp3) is 0.435. The van der Waals surface area contributed by atoms with Gasteiger partial charge in [0.15, 0.2) is 0 Å². The summed E-state index contributed by atoms with van der Waals surface area (Å²) in [6.07, 6.45) is 0.560. The summed E-state index contributed by atoms with van der Waals surface area (Å²) in [5.41, 5.74) is 3.89. The second-order valence-corrected chi connectivity index (χ2v) is 7.92. The van der Waals surface area contributed by atoms with Gasteiger partial charge in [-0.05, 0) is 43.5 Å². The van der Waals surface area contributed by atoms with Crippen molar-refractivity contribution in [1.82, 2.24) is 4.90 Å². The Bertz CT molecular complexity index is 859. The molecule has 0 unspecified atom stereocenters. The van der Waals surface area contributed by atoms with Gasteiger partial charge >= 0.3 is 0 Å². The molecule has 2 aliphatic heterocycles. The molecular weight excluding hydrogens is 352 g/mol. The number of hydrogen-bond donors (Lipinski definition) is 1. The third kappa shape index (κ3) is 3.52. The minimum absolute atomic E-state index is 0.00403. The maximum atomic E-state index is 13.2. The number of carbonyl (C=O) groups is 1. The molecule has 0 aromatic heterocycles. The Kier molecular flexibility index (Phi) is 5.13. The van der Waals surface area contributed by atoms with Crippen molar-refractivity contribution in [2.45, 2.75) is 25.9 Å². The van der Waals surface area contributed by atoms with Gasteiger partial charge < -0.3 is 19.6 Å². The predicted molar refractivity (Wildman–Crippen MR) is 110 cm³/mol. The lowest BCUT2D eigenvalue weighted by Gasteiger charge is -2.31. The van der Waals surface area contributed by atoms with Crippen LogP contribution in [0.1, 0.15) is 33.5 Å². The van der Waals surface area contributed by atoms with Crippen molar-refractivity contribution in [3.8, 4) is 0 Å². The number of amides is 1. The van der Waals surface area contributed by atoms with E-state index < -0.39 is 5.60 Å². The molecule has 0 bridgehead atoms. The highest BCUT2D eigenvalue weighted by Gasteiger charge is 2.40. The number of hydrogen-bond acceptors (Lipinski definition) is 4. The standard InChI is InChI=1S/C23H28N2O3/c1-17-6-8-19(9-7-17)23(27)10-11-25(16-23)22(26)20-4-3-5-21(18(20)2)24-12-14-28-15-13-24/h3-9,27H,10-16H2,1-2H3/t23-/m0/s1. The summed E-state index contributed by atoms with van der Waals surface area (Å²) >= 11 is 0. The van der Waals surface area contributed by atoms with Crippen LogP contribution in [-0.4, -0.2) is 55.3 Å². The summed E-state index contributed by atoms with van der Waals surface area (Å²) < 4.78 is 5.45. The number of anilines is 1. The normalized spacial score (nSPS) is 22.5. The SMILES string of the molecule is Cc1ccc([C@]2(O)CCN(C(=O)c3cccc(N4CCOCC4)c3C)C2)cc1. The smallest absolute Gasteiger partial charge is 0.254 e. The van der Waals surface area contributed by atoms with Crippen molar-refractivity contribution in [3.05, 3.63) is 64.7 Å². The molecule has 5 nitrogen and oxygen atoms in total. The number of benzene rings is 2. The minimum Gasteiger partial charge on any atom is -0.383 e. The molecule has 0 saturated carbocycles. The van der Waals surface area contributed by atoms with E-state index >= 15 is 0 Å². The van der Waals surface area contributed by atoms with E-state index in [-0.39, 0.29) is 5.91 Å². The van der Waals surface area contributed by atoms with Crippen LogP contribution < -0.4 is 4.90 Å². The average Bonchev–Trinajstić information content (AvgIpc) is 3.12. The first-order chi connectivity index (χ1) is 13.5. The Morgan fingerprint density at radius 2 is 1.75 bits per heavy atom. The van der Waals surface area contributed by atoms with Gasteiger partial charge in [0, 0.05) is 30.9 Å². The zero-order valence-electron chi connectivity index (χ0n) is 16.6. The Morgan fingerprint density at radius 1 is 1.04 bits per heavy atom. The van der Waals surface area contributed by atoms with E-state index in [0.717, 1.165) is 41.0 Å². The molecule has 0 spiro atoms. The maximum absolute atomic E-state index is 13.2. The molecule has 2 aliphatic rings. The van der Waals surface area contributed by atoms with E-state index in [0.29, 0.717) is 32.7 Å². The number of nitrogens with zero attached hydrogens (tertiary/aromatic N) is 2. The fourth-order valence-electron chi connectivity index (χ4n) is 4.24. The van der Waals surface area contributed by atoms with Gasteiger partial charge in [0.05, 0.1) is 19.8 Å². The zero-order valence-corrected chi connectivity index (χ0v) is 16.6. The van der Waals surface area contributed by atoms with Gasteiger partial charge in [-0.2, -0.15) is 0 Å². The third-order valence-electron chi connectivity index (χ3n) is 6.01. The first kappa shape index (κ1) is 19.0. The molecule has 2 aromatic rings. The molecule has 5 heteroatoms. The largest absolute Gasteiger partial charge is 0.383 e. The quantitative estimate of drug-likeness (QED) is 0.890. The van der Waals surface area contributed by atoms with Crippen molar-refractivity contribution in [3.63, 3.8) is 0 Å². The number of carbonyl (C=O) groups excluding carboxylic acids is 1. The highest BCUT2D eigenvalue weighted by molar-refractivity contribution is 5.97. The Hall–Kier alpha value is -2.37. The second-order valence-electron chi connectivity index (χ2n) is 7.92. The number of likely N-dealkylation sites (tertiary alicyclic amines) is 1. The molecule has 1 N–H and O–H groups in total. The van der Waals surface area contributed by atoms with Crippen LogP contribution in [0.3, 0.4) is 0 Å². The lowest BCUT2D eigenvalue weighted by atomic mass is 9.92. The molecule has 0 aliphatic carbocycles. The van der Waals surface area contributed by atoms with Crippen molar-refractivity contribution in [1.29, 1.82) is 0 Å². The monoisotopic (exact) mass is 380 g/mol. The molecule has 0 radical (unpaired) electrons. The minimum atomic E-state index is -0.973. The van der Waals surface area contributed by atoms with Gasteiger partial charge in [0.2, 0.25) is 0 Å². The van der Waals surface area contributed by atoms with E-state index in [1.54, 1.807) is 4.90 Å². The summed E-state index contributed by atoms with van der Waals surface area (Å²) in [5.74, 6) is -0.00403. The lowest BCUT2D eigenvalue weighted by molar-refractivity contribution is 0.0417. The maximum Gasteiger partial charge on any atom is 0.254 e. The van der Waals surface area contributed by atoms with Crippen LogP contribution in [0.5, 0.6) is 0 Å². The number of aryl methyl sites for hydroxylation is 1. The number of β-amino-alcohol motifs (C(OH)–C–C–N with tert-alkyl or cyclic N) is 1. The molecule has 4 rings (SSSR count). The zero-order chi connectivity index (χ0) is 19.7. The second kappa shape index (κ2) is 7.57. The lowest BCUT2D eigenvalue weighted by Crippen LogP contribution is -2.37. The number of rotatable bonds is 3. The van der Waals surface area contributed by atoms with Gasteiger partial charge in [-0.3, -0.25) is 4.79 Å². The van der Waals surface area contributed by atoms with Crippen molar-refractivity contribution in [2.24, 2.45) is 0 Å². The molecule has 2 fully saturated rings. The Balaban J connectivity index is 1.54. The first-order valence-corrected chi connectivity index (χ1v) is 9.99. The molecular formula is C23H28N2O3. The summed E-state index contributed by atoms with van der Waals surface area (Å²) in [5, 5.41) is 11.1. The molecule has 148 valence electrons. The highest BCUT2D eigenvalue weighted by Crippen LogP contribution is 2.34. The first-order valence-electron chi connectivity index (χ1n) is 9.99. The van der Waals surface area contributed by atoms with E-state index in [4.69, 9.17) is 4.74 Å². The summed E-state index contributed by atoms with van der Waals surface area (Å²) in [4.78, 5) is 17.3. The van der Waals surface area contributed by atoms with E-state index in [9.17, 15) is 9.90 Å². The van der Waals surface area contributed by atoms with Crippen LogP contribution in [0, 0.1) is 13.8 Å². The molecule has 2 heterocycles. The molecule has 2 saturated heterocycles. The van der Waals surface area contributed by atoms with Crippen LogP contribution in [0.15, 0.2) is 42.5 Å². The Morgan fingerprint density at radius 3 is 2.46 bits per heavy atom. The molecule has 28 heavy (non-hydrogen) atoms. The summed E-state index contributed by atoms with van der Waals surface area (Å²) in [6, 6.07) is 13.9. The van der Waals surface area contributed by atoms with Crippen molar-refractivity contribution < 1.29 is 14.6 Å². The van der Waals surface area contributed by atoms with Gasteiger partial charge in [-0.25, -0.2) is 0 Å². The number of morpholine rings is 1. The predicted octanol–water partition coefficient (Wildman–Crippen LogP) is 2.87. The molecule has 1 atom stereocenters. The van der Waals surface area contributed by atoms with Crippen molar-refractivity contribution in [2.75, 3.05) is 44.3 Å². The van der Waals surface area contributed by atoms with Crippen LogP contribution >= 0.6 is 0 Å². The Labute approximate surface area is 166 Å². The van der Waals surface area contributed by atoms with Gasteiger partial charge in [-0.15, -0.1) is 0 Å². The van der Waals surface area contributed by atoms with Crippen LogP contribution in [0.2, 0.25) is 0 Å². The fourth-order valence-corrected chi connectivity index (χ4v) is 4.24. The van der Waals surface area contributed by atoms with Gasteiger partial charge in [-0.1, -0.05) is 35.9 Å². The van der Waals surface area contributed by atoms with E-state index in [1.807, 2.05) is 50.2 Å². The van der Waals surface area contributed by atoms with E-state index in [2.05, 4.69) is 11.0 Å².